The van der Waals surface area contributed by atoms with Crippen molar-refractivity contribution in [2.24, 2.45) is 28.1 Å². The smallest absolute Gasteiger partial charge is 0.306 e. The van der Waals surface area contributed by atoms with Gasteiger partial charge >= 0.3 is 11.9 Å². The lowest BCUT2D eigenvalue weighted by atomic mass is 9.45. The lowest BCUT2D eigenvalue weighted by Gasteiger charge is -2.59. The van der Waals surface area contributed by atoms with Crippen LogP contribution in [-0.2, 0) is 14.3 Å². The Morgan fingerprint density at radius 3 is 2.68 bits per heavy atom. The van der Waals surface area contributed by atoms with Crippen LogP contribution in [0.1, 0.15) is 78.6 Å². The van der Waals surface area contributed by atoms with E-state index >= 15 is 0 Å². The van der Waals surface area contributed by atoms with E-state index in [1.54, 1.807) is 5.57 Å². The van der Waals surface area contributed by atoms with Crippen molar-refractivity contribution in [3.05, 3.63) is 24.3 Å². The van der Waals surface area contributed by atoms with E-state index in [1.165, 1.54) is 25.7 Å². The molecular formula is C24H36O4. The molecular weight excluding hydrogens is 352 g/mol. The number of carboxylic acids is 1. The SMILES string of the molecule is C=C[C@]1(C)CC[C@@H]2C(=CC[C@@H]3[C@](C)(COC(=O)CCC(=O)O)CCC[C@@]23C)C1. The van der Waals surface area contributed by atoms with Crippen molar-refractivity contribution in [3.8, 4) is 0 Å². The Morgan fingerprint density at radius 1 is 1.25 bits per heavy atom. The summed E-state index contributed by atoms with van der Waals surface area (Å²) < 4.78 is 5.58. The monoisotopic (exact) mass is 388 g/mol. The maximum absolute atomic E-state index is 12.0. The normalized spacial score (nSPS) is 39.9. The van der Waals surface area contributed by atoms with Gasteiger partial charge in [-0.1, -0.05) is 44.9 Å². The number of carbonyl (C=O) groups excluding carboxylic acids is 1. The van der Waals surface area contributed by atoms with Crippen LogP contribution in [0.15, 0.2) is 24.3 Å². The molecule has 28 heavy (non-hydrogen) atoms. The Hall–Kier alpha value is -1.58. The number of aliphatic carboxylic acids is 1. The number of carboxylic acid groups (broad SMARTS) is 1. The van der Waals surface area contributed by atoms with Crippen LogP contribution in [0.2, 0.25) is 0 Å². The van der Waals surface area contributed by atoms with Crippen LogP contribution in [-0.4, -0.2) is 23.7 Å². The largest absolute Gasteiger partial charge is 0.481 e. The van der Waals surface area contributed by atoms with Gasteiger partial charge in [0.1, 0.15) is 0 Å². The van der Waals surface area contributed by atoms with Gasteiger partial charge < -0.3 is 9.84 Å². The van der Waals surface area contributed by atoms with E-state index in [1.807, 2.05) is 0 Å². The maximum Gasteiger partial charge on any atom is 0.306 e. The van der Waals surface area contributed by atoms with Gasteiger partial charge in [-0.3, -0.25) is 9.59 Å². The molecule has 0 aliphatic heterocycles. The molecule has 4 heteroatoms. The highest BCUT2D eigenvalue weighted by atomic mass is 16.5. The van der Waals surface area contributed by atoms with Crippen LogP contribution < -0.4 is 0 Å². The van der Waals surface area contributed by atoms with Gasteiger partial charge in [-0.15, -0.1) is 6.58 Å². The molecule has 156 valence electrons. The van der Waals surface area contributed by atoms with Crippen LogP contribution in [0, 0.1) is 28.1 Å². The second kappa shape index (κ2) is 7.68. The zero-order valence-corrected chi connectivity index (χ0v) is 17.8. The molecule has 4 nitrogen and oxygen atoms in total. The van der Waals surface area contributed by atoms with Crippen molar-refractivity contribution in [1.82, 2.24) is 0 Å². The average Bonchev–Trinajstić information content (AvgIpc) is 2.64. The number of fused-ring (bicyclic) bond motifs is 3. The summed E-state index contributed by atoms with van der Waals surface area (Å²) >= 11 is 0. The van der Waals surface area contributed by atoms with Gasteiger partial charge in [-0.25, -0.2) is 0 Å². The maximum atomic E-state index is 12.0. The summed E-state index contributed by atoms with van der Waals surface area (Å²) in [6.07, 6.45) is 12.5. The van der Waals surface area contributed by atoms with E-state index in [2.05, 4.69) is 39.5 Å². The van der Waals surface area contributed by atoms with E-state index in [9.17, 15) is 9.59 Å². The van der Waals surface area contributed by atoms with Crippen molar-refractivity contribution in [2.75, 3.05) is 6.61 Å². The van der Waals surface area contributed by atoms with Crippen LogP contribution in [0.5, 0.6) is 0 Å². The van der Waals surface area contributed by atoms with E-state index in [0.717, 1.165) is 19.3 Å². The molecule has 0 aromatic heterocycles. The van der Waals surface area contributed by atoms with E-state index in [-0.39, 0.29) is 35.1 Å². The van der Waals surface area contributed by atoms with Gasteiger partial charge in [0.25, 0.3) is 0 Å². The number of carbonyl (C=O) groups is 2. The number of hydrogen-bond donors (Lipinski definition) is 1. The van der Waals surface area contributed by atoms with Crippen LogP contribution in [0.4, 0.5) is 0 Å². The highest BCUT2D eigenvalue weighted by Gasteiger charge is 2.55. The second-order valence-corrected chi connectivity index (χ2v) is 10.3. The van der Waals surface area contributed by atoms with Crippen LogP contribution >= 0.6 is 0 Å². The molecule has 0 saturated heterocycles. The lowest BCUT2D eigenvalue weighted by molar-refractivity contribution is -0.156. The predicted octanol–water partition coefficient (Wildman–Crippen LogP) is 5.53. The molecule has 0 unspecified atom stereocenters. The standard InChI is InChI=1S/C24H36O4/c1-5-22(2)14-11-18-17(15-22)7-8-19-23(3,12-6-13-24(18,19)4)16-28-21(27)10-9-20(25)26/h5,7,18-19H,1,6,8-16H2,2-4H3,(H,25,26)/t18-,19-,22-,23+,24+/m1/s1. The minimum atomic E-state index is -0.956. The molecule has 0 radical (unpaired) electrons. The van der Waals surface area contributed by atoms with Crippen molar-refractivity contribution >= 4 is 11.9 Å². The molecule has 3 aliphatic carbocycles. The molecule has 1 N–H and O–H groups in total. The molecule has 5 atom stereocenters. The lowest BCUT2D eigenvalue weighted by Crippen LogP contribution is -2.52. The molecule has 0 bridgehead atoms. The molecule has 2 saturated carbocycles. The third-order valence-electron chi connectivity index (χ3n) is 8.17. The highest BCUT2D eigenvalue weighted by molar-refractivity contribution is 5.76. The summed E-state index contributed by atoms with van der Waals surface area (Å²) in [6.45, 7) is 11.5. The minimum Gasteiger partial charge on any atom is -0.481 e. The quantitative estimate of drug-likeness (QED) is 0.480. The van der Waals surface area contributed by atoms with Crippen molar-refractivity contribution in [3.63, 3.8) is 0 Å². The average molecular weight is 389 g/mol. The fourth-order valence-corrected chi connectivity index (χ4v) is 6.44. The Bertz CT molecular complexity index is 680. The summed E-state index contributed by atoms with van der Waals surface area (Å²) in [5.74, 6) is -0.214. The summed E-state index contributed by atoms with van der Waals surface area (Å²) in [5, 5.41) is 8.76. The molecule has 0 amide bonds. The molecule has 0 spiro atoms. The van der Waals surface area contributed by atoms with Crippen molar-refractivity contribution in [2.45, 2.75) is 78.6 Å². The van der Waals surface area contributed by atoms with Crippen molar-refractivity contribution in [1.29, 1.82) is 0 Å². The van der Waals surface area contributed by atoms with Gasteiger partial charge in [0.2, 0.25) is 0 Å². The Morgan fingerprint density at radius 2 is 2.00 bits per heavy atom. The third-order valence-corrected chi connectivity index (χ3v) is 8.17. The van der Waals surface area contributed by atoms with Crippen molar-refractivity contribution < 1.29 is 19.4 Å². The Balaban J connectivity index is 1.74. The number of hydrogen-bond acceptors (Lipinski definition) is 3. The fourth-order valence-electron chi connectivity index (χ4n) is 6.44. The first kappa shape index (κ1) is 21.1. The van der Waals surface area contributed by atoms with Crippen LogP contribution in [0.3, 0.4) is 0 Å². The molecule has 0 heterocycles. The molecule has 0 aromatic carbocycles. The minimum absolute atomic E-state index is 0.0346. The van der Waals surface area contributed by atoms with Gasteiger partial charge in [0, 0.05) is 5.41 Å². The first-order chi connectivity index (χ1) is 13.1. The van der Waals surface area contributed by atoms with Crippen LogP contribution in [0.25, 0.3) is 0 Å². The molecule has 0 aromatic rings. The zero-order chi connectivity index (χ0) is 20.6. The second-order valence-electron chi connectivity index (χ2n) is 10.3. The number of rotatable bonds is 6. The zero-order valence-electron chi connectivity index (χ0n) is 17.8. The third kappa shape index (κ3) is 3.92. The summed E-state index contributed by atoms with van der Waals surface area (Å²) in [4.78, 5) is 22.7. The molecule has 2 fully saturated rings. The summed E-state index contributed by atoms with van der Waals surface area (Å²) in [5.41, 5.74) is 2.07. The Kier molecular flexibility index (Phi) is 5.80. The predicted molar refractivity (Wildman–Crippen MR) is 110 cm³/mol. The van der Waals surface area contributed by atoms with Gasteiger partial charge in [-0.2, -0.15) is 0 Å². The molecule has 3 aliphatic rings. The first-order valence-corrected chi connectivity index (χ1v) is 10.8. The summed E-state index contributed by atoms with van der Waals surface area (Å²) in [7, 11) is 0. The topological polar surface area (TPSA) is 63.6 Å². The van der Waals surface area contributed by atoms with Gasteiger partial charge in [0.05, 0.1) is 19.4 Å². The number of ether oxygens (including phenoxy) is 1. The number of esters is 1. The van der Waals surface area contributed by atoms with E-state index < -0.39 is 5.97 Å². The highest BCUT2D eigenvalue weighted by Crippen LogP contribution is 2.63. The summed E-state index contributed by atoms with van der Waals surface area (Å²) in [6, 6.07) is 0. The van der Waals surface area contributed by atoms with E-state index in [0.29, 0.717) is 18.4 Å². The molecule has 3 rings (SSSR count). The Labute approximate surface area is 169 Å². The van der Waals surface area contributed by atoms with Gasteiger partial charge in [-0.05, 0) is 61.2 Å². The fraction of sp³-hybridized carbons (Fsp3) is 0.750. The first-order valence-electron chi connectivity index (χ1n) is 10.8. The number of allylic oxidation sites excluding steroid dienone is 3. The van der Waals surface area contributed by atoms with E-state index in [4.69, 9.17) is 9.84 Å². The van der Waals surface area contributed by atoms with Gasteiger partial charge in [0.15, 0.2) is 0 Å².